The molecule has 0 amide bonds. The Balaban J connectivity index is 3.28. The van der Waals surface area contributed by atoms with E-state index in [1.54, 1.807) is 12.1 Å². The van der Waals surface area contributed by atoms with E-state index in [4.69, 9.17) is 1.37 Å². The van der Waals surface area contributed by atoms with Gasteiger partial charge in [0.25, 0.3) is 0 Å². The molecule has 36 valence electrons. The highest BCUT2D eigenvalue weighted by atomic mass is 32.1. The summed E-state index contributed by atoms with van der Waals surface area (Å²) >= 11 is 4.61. The van der Waals surface area contributed by atoms with Gasteiger partial charge in [0.15, 0.2) is 4.71 Å². The summed E-state index contributed by atoms with van der Waals surface area (Å²) < 4.78 is 11.9. The molecule has 1 nitrogen and oxygen atoms in total. The maximum absolute atomic E-state index is 6.90. The lowest BCUT2D eigenvalue weighted by atomic mass is 10.5. The normalized spacial score (nSPS) is 10.6. The number of hydrogen-bond acceptors (Lipinski definition) is 2. The topological polar surface area (TPSA) is 13.1 Å². The van der Waals surface area contributed by atoms with Gasteiger partial charge >= 0.3 is 0 Å². The molecule has 0 aliphatic carbocycles. The maximum atomic E-state index is 6.90. The standard InChI is InChI=1S/C5H4OS/c7-5-3-1-2-4-6-5/h1-4H/i4D. The van der Waals surface area contributed by atoms with E-state index in [0.29, 0.717) is 4.71 Å². The van der Waals surface area contributed by atoms with Gasteiger partial charge in [0.1, 0.15) is 1.37 Å². The Hall–Kier alpha value is -0.630. The van der Waals surface area contributed by atoms with Gasteiger partial charge in [0, 0.05) is 0 Å². The first-order valence-corrected chi connectivity index (χ1v) is 2.26. The summed E-state index contributed by atoms with van der Waals surface area (Å²) in [5.74, 6) is 0. The van der Waals surface area contributed by atoms with E-state index in [2.05, 4.69) is 16.6 Å². The molecule has 0 spiro atoms. The van der Waals surface area contributed by atoms with E-state index < -0.39 is 0 Å². The van der Waals surface area contributed by atoms with Gasteiger partial charge in [-0.25, -0.2) is 0 Å². The highest BCUT2D eigenvalue weighted by Gasteiger charge is 1.68. The van der Waals surface area contributed by atoms with Gasteiger partial charge in [0.05, 0.1) is 6.24 Å². The van der Waals surface area contributed by atoms with Crippen molar-refractivity contribution < 1.29 is 5.79 Å². The third-order valence-corrected chi connectivity index (χ3v) is 0.776. The van der Waals surface area contributed by atoms with E-state index in [-0.39, 0.29) is 6.24 Å². The van der Waals surface area contributed by atoms with Crippen LogP contribution in [-0.4, -0.2) is 0 Å². The van der Waals surface area contributed by atoms with Crippen molar-refractivity contribution in [1.82, 2.24) is 0 Å². The molecule has 0 saturated carbocycles. The Kier molecular flexibility index (Phi) is 0.912. The molecule has 0 bridgehead atoms. The first-order valence-electron chi connectivity index (χ1n) is 2.36. The third-order valence-electron chi connectivity index (χ3n) is 0.556. The highest BCUT2D eigenvalue weighted by molar-refractivity contribution is 7.71. The fourth-order valence-corrected chi connectivity index (χ4v) is 0.419. The summed E-state index contributed by atoms with van der Waals surface area (Å²) in [7, 11) is 0. The monoisotopic (exact) mass is 113 g/mol. The zero-order valence-electron chi connectivity index (χ0n) is 4.55. The van der Waals surface area contributed by atoms with Crippen LogP contribution in [0.25, 0.3) is 0 Å². The molecule has 0 atom stereocenters. The predicted octanol–water partition coefficient (Wildman–Crippen LogP) is 2.01. The molecule has 1 heterocycles. The van der Waals surface area contributed by atoms with Gasteiger partial charge in [-0.3, -0.25) is 0 Å². The third kappa shape index (κ3) is 1.12. The van der Waals surface area contributed by atoms with Crippen molar-refractivity contribution in [2.24, 2.45) is 0 Å². The lowest BCUT2D eigenvalue weighted by Crippen LogP contribution is -1.54. The van der Waals surface area contributed by atoms with Crippen LogP contribution in [0.4, 0.5) is 0 Å². The molecule has 0 unspecified atom stereocenters. The summed E-state index contributed by atoms with van der Waals surface area (Å²) in [6, 6.07) is 4.86. The summed E-state index contributed by atoms with van der Waals surface area (Å²) in [4.78, 5) is 0. The zero-order chi connectivity index (χ0) is 5.98. The maximum Gasteiger partial charge on any atom is 0.189 e. The van der Waals surface area contributed by atoms with Crippen LogP contribution < -0.4 is 0 Å². The van der Waals surface area contributed by atoms with E-state index in [1.807, 2.05) is 0 Å². The van der Waals surface area contributed by atoms with E-state index in [9.17, 15) is 0 Å². The van der Waals surface area contributed by atoms with Crippen LogP contribution in [0.3, 0.4) is 0 Å². The largest absolute Gasteiger partial charge is 0.454 e. The van der Waals surface area contributed by atoms with Crippen LogP contribution in [0.15, 0.2) is 28.9 Å². The molecule has 0 radical (unpaired) electrons. The minimum atomic E-state index is 0.109. The van der Waals surface area contributed by atoms with Crippen molar-refractivity contribution in [2.75, 3.05) is 0 Å². The van der Waals surface area contributed by atoms with Crippen molar-refractivity contribution in [1.29, 1.82) is 0 Å². The molecule has 0 saturated heterocycles. The Labute approximate surface area is 48.0 Å². The van der Waals surface area contributed by atoms with Crippen molar-refractivity contribution >= 4 is 12.2 Å². The van der Waals surface area contributed by atoms with Crippen LogP contribution >= 0.6 is 12.2 Å². The van der Waals surface area contributed by atoms with E-state index in [1.165, 1.54) is 6.07 Å². The van der Waals surface area contributed by atoms with Crippen molar-refractivity contribution in [2.45, 2.75) is 0 Å². The Morgan fingerprint density at radius 1 is 1.71 bits per heavy atom. The van der Waals surface area contributed by atoms with Gasteiger partial charge in [-0.2, -0.15) is 0 Å². The molecule has 0 aliphatic rings. The summed E-state index contributed by atoms with van der Waals surface area (Å²) in [5.41, 5.74) is 0. The lowest BCUT2D eigenvalue weighted by molar-refractivity contribution is 0.534. The molecule has 1 aromatic rings. The fourth-order valence-electron chi connectivity index (χ4n) is 0.292. The first-order chi connectivity index (χ1) is 3.79. The molecular formula is C5H4OS. The molecular weight excluding hydrogens is 108 g/mol. The van der Waals surface area contributed by atoms with Gasteiger partial charge < -0.3 is 4.42 Å². The van der Waals surface area contributed by atoms with E-state index >= 15 is 0 Å². The minimum absolute atomic E-state index is 0.109. The number of hydrogen-bond donors (Lipinski definition) is 0. The zero-order valence-corrected chi connectivity index (χ0v) is 4.37. The van der Waals surface area contributed by atoms with E-state index in [0.717, 1.165) is 0 Å². The van der Waals surface area contributed by atoms with Gasteiger partial charge in [-0.05, 0) is 24.4 Å². The molecule has 1 rings (SSSR count). The van der Waals surface area contributed by atoms with Crippen molar-refractivity contribution in [3.05, 3.63) is 29.1 Å². The average molecular weight is 113 g/mol. The van der Waals surface area contributed by atoms with Gasteiger partial charge in [0.2, 0.25) is 0 Å². The average Bonchev–Trinajstić information content (AvgIpc) is 1.64. The molecule has 0 N–H and O–H groups in total. The molecule has 1 aromatic heterocycles. The fraction of sp³-hybridized carbons (Fsp3) is 0. The first kappa shape index (κ1) is 3.38. The SMILES string of the molecule is [2H]c1cccc(=S)o1. The second-order valence-electron chi connectivity index (χ2n) is 1.06. The quantitative estimate of drug-likeness (QED) is 0.477. The molecule has 0 aliphatic heterocycles. The highest BCUT2D eigenvalue weighted by Crippen LogP contribution is 1.86. The van der Waals surface area contributed by atoms with Crippen molar-refractivity contribution in [3.63, 3.8) is 0 Å². The molecule has 7 heavy (non-hydrogen) atoms. The van der Waals surface area contributed by atoms with Gasteiger partial charge in [-0.15, -0.1) is 0 Å². The molecule has 0 aromatic carbocycles. The summed E-state index contributed by atoms with van der Waals surface area (Å²) in [5, 5.41) is 0. The van der Waals surface area contributed by atoms with Crippen LogP contribution in [-0.2, 0) is 0 Å². The Bertz CT molecular complexity index is 230. The summed E-state index contributed by atoms with van der Waals surface area (Å²) in [6.07, 6.45) is 0.109. The molecule has 0 fully saturated rings. The Morgan fingerprint density at radius 2 is 2.57 bits per heavy atom. The smallest absolute Gasteiger partial charge is 0.189 e. The van der Waals surface area contributed by atoms with Crippen LogP contribution in [0.5, 0.6) is 0 Å². The van der Waals surface area contributed by atoms with Crippen molar-refractivity contribution in [3.8, 4) is 0 Å². The second-order valence-corrected chi connectivity index (χ2v) is 1.47. The minimum Gasteiger partial charge on any atom is -0.454 e. The predicted molar refractivity (Wildman–Crippen MR) is 29.5 cm³/mol. The molecule has 2 heteroatoms. The van der Waals surface area contributed by atoms with Crippen LogP contribution in [0.1, 0.15) is 1.37 Å². The van der Waals surface area contributed by atoms with Crippen LogP contribution in [0.2, 0.25) is 0 Å². The second kappa shape index (κ2) is 1.89. The van der Waals surface area contributed by atoms with Gasteiger partial charge in [-0.1, -0.05) is 6.07 Å². The lowest BCUT2D eigenvalue weighted by Gasteiger charge is -1.75. The van der Waals surface area contributed by atoms with Crippen LogP contribution in [0, 0.1) is 4.71 Å². The summed E-state index contributed by atoms with van der Waals surface area (Å²) in [6.45, 7) is 0. The number of rotatable bonds is 0. The Morgan fingerprint density at radius 3 is 3.00 bits per heavy atom.